The molecule has 0 aliphatic carbocycles. The Balaban J connectivity index is 2.65. The van der Waals surface area contributed by atoms with Crippen LogP contribution in [0, 0.1) is 52.2 Å². The van der Waals surface area contributed by atoms with Gasteiger partial charge in [0.1, 0.15) is 63.2 Å². The molecule has 2 aromatic heterocycles. The minimum Gasteiger partial charge on any atom is -0.382 e. The number of nitrogens with two attached hydrogens (primary N) is 1. The summed E-state index contributed by atoms with van der Waals surface area (Å²) in [5.41, 5.74) is 6.55. The van der Waals surface area contributed by atoms with Crippen molar-refractivity contribution in [2.45, 2.75) is 13.3 Å². The average Bonchev–Trinajstić information content (AvgIpc) is 2.73. The summed E-state index contributed by atoms with van der Waals surface area (Å²) in [6.07, 6.45) is -0.240. The standard InChI is InChI=1S/C18H9N11/c1-8-18(23)29-17-15(25-8)13(26-9(5-20)3-4-19)12(24-2)14-16(17)28-11(7-22)10(6-21)27-14/h2-3H2,1H3,(H2,23,29)/b26-9+. The number of benzene rings is 1. The second-order valence-electron chi connectivity index (χ2n) is 5.59. The quantitative estimate of drug-likeness (QED) is 0.522. The van der Waals surface area contributed by atoms with E-state index in [0.29, 0.717) is 5.69 Å². The molecular formula is C18H9N11. The van der Waals surface area contributed by atoms with E-state index in [-0.39, 0.29) is 62.8 Å². The zero-order valence-electron chi connectivity index (χ0n) is 15.0. The molecule has 11 nitrogen and oxygen atoms in total. The zero-order valence-corrected chi connectivity index (χ0v) is 15.0. The Morgan fingerprint density at radius 1 is 0.931 bits per heavy atom. The molecule has 0 unspecified atom stereocenters. The number of aryl methyl sites for hydroxylation is 1. The van der Waals surface area contributed by atoms with Crippen LogP contribution in [0.2, 0.25) is 0 Å². The minimum absolute atomic E-state index is 0.0866. The summed E-state index contributed by atoms with van der Waals surface area (Å²) in [5.74, 6) is 0.121. The smallest absolute Gasteiger partial charge is 0.177 e. The van der Waals surface area contributed by atoms with Gasteiger partial charge in [0.2, 0.25) is 0 Å². The Kier molecular flexibility index (Phi) is 4.74. The zero-order chi connectivity index (χ0) is 21.1. The molecule has 0 saturated heterocycles. The van der Waals surface area contributed by atoms with Crippen LogP contribution in [0.3, 0.4) is 0 Å². The van der Waals surface area contributed by atoms with Crippen molar-refractivity contribution in [1.82, 2.24) is 19.9 Å². The minimum atomic E-state index is -0.240. The van der Waals surface area contributed by atoms with Gasteiger partial charge in [0.05, 0.1) is 18.2 Å². The first-order valence-electron chi connectivity index (χ1n) is 7.92. The summed E-state index contributed by atoms with van der Waals surface area (Å²) in [6.45, 7) is 5.14. The van der Waals surface area contributed by atoms with Crippen LogP contribution in [0.15, 0.2) is 9.98 Å². The van der Waals surface area contributed by atoms with Gasteiger partial charge >= 0.3 is 0 Å². The number of aromatic nitrogens is 4. The van der Waals surface area contributed by atoms with E-state index in [2.05, 4.69) is 36.6 Å². The van der Waals surface area contributed by atoms with E-state index < -0.39 is 0 Å². The molecule has 3 rings (SSSR count). The number of aliphatic imine (C=N–C) groups is 2. The van der Waals surface area contributed by atoms with E-state index in [0.717, 1.165) is 0 Å². The molecule has 0 spiro atoms. The first-order chi connectivity index (χ1) is 14.0. The Morgan fingerprint density at radius 3 is 2.07 bits per heavy atom. The Bertz CT molecular complexity index is 1410. The first kappa shape index (κ1) is 18.8. The van der Waals surface area contributed by atoms with E-state index >= 15 is 0 Å². The van der Waals surface area contributed by atoms with Gasteiger partial charge < -0.3 is 5.73 Å². The lowest BCUT2D eigenvalue weighted by atomic mass is 10.1. The second-order valence-corrected chi connectivity index (χ2v) is 5.59. The fourth-order valence-electron chi connectivity index (χ4n) is 2.58. The molecule has 0 aliphatic rings. The number of nitriles is 4. The number of fused-ring (bicyclic) bond motifs is 3. The molecule has 0 bridgehead atoms. The van der Waals surface area contributed by atoms with Crippen LogP contribution in [-0.2, 0) is 0 Å². The van der Waals surface area contributed by atoms with E-state index in [9.17, 15) is 15.8 Å². The summed E-state index contributed by atoms with van der Waals surface area (Å²) in [7, 11) is 0. The fourth-order valence-corrected chi connectivity index (χ4v) is 2.58. The van der Waals surface area contributed by atoms with E-state index in [1.165, 1.54) is 0 Å². The first-order valence-corrected chi connectivity index (χ1v) is 7.92. The average molecular weight is 379 g/mol. The number of hydrogen-bond acceptors (Lipinski definition) is 11. The predicted octanol–water partition coefficient (Wildman–Crippen LogP) is 2.05. The number of rotatable bonds is 3. The lowest BCUT2D eigenvalue weighted by molar-refractivity contribution is 1.17. The molecule has 0 fully saturated rings. The van der Waals surface area contributed by atoms with Gasteiger partial charge in [0.25, 0.3) is 0 Å². The van der Waals surface area contributed by atoms with Crippen LogP contribution in [0.5, 0.6) is 0 Å². The summed E-state index contributed by atoms with van der Waals surface area (Å²) in [6, 6.07) is 7.31. The fraction of sp³-hybridized carbons (Fsp3) is 0.111. The van der Waals surface area contributed by atoms with Gasteiger partial charge in [-0.25, -0.2) is 24.9 Å². The number of nitrogens with zero attached hydrogens (tertiary/aromatic N) is 10. The monoisotopic (exact) mass is 379 g/mol. The maximum absolute atomic E-state index is 9.28. The van der Waals surface area contributed by atoms with Crippen molar-refractivity contribution in [3.05, 3.63) is 17.1 Å². The van der Waals surface area contributed by atoms with E-state index in [1.54, 1.807) is 13.0 Å². The molecule has 29 heavy (non-hydrogen) atoms. The van der Waals surface area contributed by atoms with Gasteiger partial charge in [-0.05, 0) is 13.6 Å². The van der Waals surface area contributed by atoms with Crippen LogP contribution in [-0.4, -0.2) is 32.4 Å². The SMILES string of the molecule is C=Nc1c(/N=C(/C#N)CC#N)c2nc(C)c(N)nc2c2nc(C#N)c(C#N)nc12. The maximum Gasteiger partial charge on any atom is 0.177 e. The molecule has 136 valence electrons. The highest BCUT2D eigenvalue weighted by Crippen LogP contribution is 2.41. The molecule has 2 heterocycles. The van der Waals surface area contributed by atoms with Crippen LogP contribution in [0.1, 0.15) is 23.5 Å². The largest absolute Gasteiger partial charge is 0.382 e. The summed E-state index contributed by atoms with van der Waals surface area (Å²) >= 11 is 0. The van der Waals surface area contributed by atoms with Gasteiger partial charge in [-0.15, -0.1) is 0 Å². The molecule has 0 amide bonds. The van der Waals surface area contributed by atoms with Gasteiger partial charge in [0, 0.05) is 0 Å². The summed E-state index contributed by atoms with van der Waals surface area (Å²) < 4.78 is 0. The topological polar surface area (TPSA) is 197 Å². The number of nitrogen functional groups attached to an aromatic ring is 1. The molecule has 1 aromatic carbocycles. The Hall–Kier alpha value is -5.00. The third-order valence-electron chi connectivity index (χ3n) is 3.89. The molecule has 2 N–H and O–H groups in total. The Labute approximate surface area is 163 Å². The molecule has 11 heteroatoms. The highest BCUT2D eigenvalue weighted by atomic mass is 15.0. The van der Waals surface area contributed by atoms with E-state index in [4.69, 9.17) is 11.0 Å². The van der Waals surface area contributed by atoms with Gasteiger partial charge in [0.15, 0.2) is 11.4 Å². The van der Waals surface area contributed by atoms with Crippen molar-refractivity contribution >= 4 is 51.7 Å². The molecule has 3 aromatic rings. The van der Waals surface area contributed by atoms with Crippen LogP contribution in [0.25, 0.3) is 22.1 Å². The highest BCUT2D eigenvalue weighted by Gasteiger charge is 2.22. The van der Waals surface area contributed by atoms with Gasteiger partial charge in [-0.2, -0.15) is 21.0 Å². The van der Waals surface area contributed by atoms with Crippen LogP contribution < -0.4 is 5.73 Å². The highest BCUT2D eigenvalue weighted by molar-refractivity contribution is 6.15. The van der Waals surface area contributed by atoms with Crippen molar-refractivity contribution in [3.63, 3.8) is 0 Å². The van der Waals surface area contributed by atoms with Crippen molar-refractivity contribution in [3.8, 4) is 24.3 Å². The third-order valence-corrected chi connectivity index (χ3v) is 3.89. The Morgan fingerprint density at radius 2 is 1.52 bits per heavy atom. The number of anilines is 1. The molecule has 0 atom stereocenters. The van der Waals surface area contributed by atoms with Crippen molar-refractivity contribution in [1.29, 1.82) is 21.0 Å². The van der Waals surface area contributed by atoms with E-state index in [1.807, 2.05) is 18.2 Å². The normalized spacial score (nSPS) is 10.7. The summed E-state index contributed by atoms with van der Waals surface area (Å²) in [5, 5.41) is 36.8. The lowest BCUT2D eigenvalue weighted by Crippen LogP contribution is -2.03. The maximum atomic E-state index is 9.28. The van der Waals surface area contributed by atoms with Gasteiger partial charge in [-0.1, -0.05) is 0 Å². The van der Waals surface area contributed by atoms with Crippen LogP contribution >= 0.6 is 0 Å². The van der Waals surface area contributed by atoms with Crippen molar-refractivity contribution in [2.24, 2.45) is 9.98 Å². The lowest BCUT2D eigenvalue weighted by Gasteiger charge is -2.11. The predicted molar refractivity (Wildman–Crippen MR) is 103 cm³/mol. The van der Waals surface area contributed by atoms with Crippen molar-refractivity contribution in [2.75, 3.05) is 5.73 Å². The third kappa shape index (κ3) is 3.02. The van der Waals surface area contributed by atoms with Crippen molar-refractivity contribution < 1.29 is 0 Å². The number of hydrogen-bond donors (Lipinski definition) is 1. The molecule has 0 radical (unpaired) electrons. The van der Waals surface area contributed by atoms with Gasteiger partial charge in [-0.3, -0.25) is 4.99 Å². The second kappa shape index (κ2) is 7.32. The van der Waals surface area contributed by atoms with Crippen LogP contribution in [0.4, 0.5) is 17.2 Å². The molecular weight excluding hydrogens is 370 g/mol. The summed E-state index contributed by atoms with van der Waals surface area (Å²) in [4.78, 5) is 25.2. The molecule has 0 saturated carbocycles. The molecule has 0 aliphatic heterocycles.